The molecule has 0 saturated heterocycles. The lowest BCUT2D eigenvalue weighted by Gasteiger charge is -2.05. The number of aromatic amines is 1. The highest BCUT2D eigenvalue weighted by Crippen LogP contribution is 2.21. The van der Waals surface area contributed by atoms with Crippen molar-refractivity contribution in [3.8, 4) is 0 Å². The van der Waals surface area contributed by atoms with Crippen LogP contribution in [0.5, 0.6) is 0 Å². The zero-order valence-corrected chi connectivity index (χ0v) is 11.1. The minimum absolute atomic E-state index is 0.378. The van der Waals surface area contributed by atoms with Gasteiger partial charge < -0.3 is 5.73 Å². The van der Waals surface area contributed by atoms with Crippen LogP contribution in [0.4, 0.5) is 0 Å². The molecule has 2 heterocycles. The van der Waals surface area contributed by atoms with Gasteiger partial charge in [-0.3, -0.25) is 19.4 Å². The second-order valence-electron chi connectivity index (χ2n) is 3.84. The highest BCUT2D eigenvalue weighted by atomic mass is 32.2. The predicted octanol–water partition coefficient (Wildman–Crippen LogP) is -0.484. The Balaban J connectivity index is 2.23. The van der Waals surface area contributed by atoms with E-state index >= 15 is 0 Å². The number of nitrogens with one attached hydrogen (secondary N) is 1. The fourth-order valence-electron chi connectivity index (χ4n) is 1.43. The van der Waals surface area contributed by atoms with Crippen molar-refractivity contribution in [2.75, 3.05) is 6.54 Å². The highest BCUT2D eigenvalue weighted by Gasteiger charge is 2.06. The summed E-state index contributed by atoms with van der Waals surface area (Å²) in [4.78, 5) is 30.2. The molecule has 3 N–H and O–H groups in total. The van der Waals surface area contributed by atoms with E-state index in [-0.39, 0.29) is 0 Å². The lowest BCUT2D eigenvalue weighted by Crippen LogP contribution is -2.33. The van der Waals surface area contributed by atoms with Gasteiger partial charge in [-0.2, -0.15) is 4.98 Å². The summed E-state index contributed by atoms with van der Waals surface area (Å²) >= 11 is 1.20. The standard InChI is InChI=1S/C11H13N5O2S/c1-16-11(14-9(17)10(18)15-16)19-8-3-2-7(4-5-12)6-13-8/h2-3,6H,4-5,12H2,1H3,(H,15,18). The second-order valence-corrected chi connectivity index (χ2v) is 4.83. The molecule has 2 aromatic heterocycles. The fraction of sp³-hybridized carbons (Fsp3) is 0.273. The quantitative estimate of drug-likeness (QED) is 0.732. The third-order valence-electron chi connectivity index (χ3n) is 2.37. The minimum Gasteiger partial charge on any atom is -0.330 e. The zero-order chi connectivity index (χ0) is 13.8. The molecular formula is C11H13N5O2S. The Morgan fingerprint density at radius 3 is 2.84 bits per heavy atom. The van der Waals surface area contributed by atoms with Gasteiger partial charge in [-0.25, -0.2) is 4.98 Å². The van der Waals surface area contributed by atoms with Crippen LogP contribution >= 0.6 is 11.8 Å². The predicted molar refractivity (Wildman–Crippen MR) is 71.2 cm³/mol. The van der Waals surface area contributed by atoms with Crippen molar-refractivity contribution in [2.24, 2.45) is 12.8 Å². The molecule has 0 amide bonds. The molecule has 19 heavy (non-hydrogen) atoms. The maximum Gasteiger partial charge on any atom is 0.339 e. The molecule has 8 heteroatoms. The number of H-pyrrole nitrogens is 1. The molecule has 2 rings (SSSR count). The van der Waals surface area contributed by atoms with Gasteiger partial charge in [-0.15, -0.1) is 0 Å². The normalized spacial score (nSPS) is 10.6. The van der Waals surface area contributed by atoms with Gasteiger partial charge in [0.1, 0.15) is 5.03 Å². The Kier molecular flexibility index (Phi) is 4.13. The van der Waals surface area contributed by atoms with Gasteiger partial charge in [0.05, 0.1) is 0 Å². The third-order valence-corrected chi connectivity index (χ3v) is 3.37. The SMILES string of the molecule is Cn1[nH]c(=O)c(=O)nc1Sc1ccc(CCN)cn1. The summed E-state index contributed by atoms with van der Waals surface area (Å²) in [7, 11) is 1.61. The average Bonchev–Trinajstić information content (AvgIpc) is 2.38. The summed E-state index contributed by atoms with van der Waals surface area (Å²) in [6.45, 7) is 0.574. The van der Waals surface area contributed by atoms with E-state index < -0.39 is 11.1 Å². The van der Waals surface area contributed by atoms with E-state index in [0.29, 0.717) is 16.7 Å². The summed E-state index contributed by atoms with van der Waals surface area (Å²) < 4.78 is 1.39. The molecule has 100 valence electrons. The number of aromatic nitrogens is 4. The monoisotopic (exact) mass is 279 g/mol. The van der Waals surface area contributed by atoms with Crippen LogP contribution in [-0.4, -0.2) is 26.3 Å². The lowest BCUT2D eigenvalue weighted by atomic mass is 10.2. The lowest BCUT2D eigenvalue weighted by molar-refractivity contribution is 0.596. The maximum atomic E-state index is 11.2. The molecule has 0 atom stereocenters. The zero-order valence-electron chi connectivity index (χ0n) is 10.3. The molecule has 0 aromatic carbocycles. The van der Waals surface area contributed by atoms with Gasteiger partial charge in [-0.05, 0) is 36.4 Å². The molecule has 0 unspecified atom stereocenters. The minimum atomic E-state index is -0.805. The van der Waals surface area contributed by atoms with E-state index in [4.69, 9.17) is 5.73 Å². The van der Waals surface area contributed by atoms with Crippen LogP contribution in [0.3, 0.4) is 0 Å². The van der Waals surface area contributed by atoms with Gasteiger partial charge in [0.2, 0.25) is 0 Å². The van der Waals surface area contributed by atoms with E-state index in [9.17, 15) is 9.59 Å². The molecule has 0 aliphatic heterocycles. The van der Waals surface area contributed by atoms with Crippen LogP contribution in [0, 0.1) is 0 Å². The van der Waals surface area contributed by atoms with E-state index in [1.54, 1.807) is 13.2 Å². The summed E-state index contributed by atoms with van der Waals surface area (Å²) in [6.07, 6.45) is 2.51. The van der Waals surface area contributed by atoms with Gasteiger partial charge in [0.25, 0.3) is 0 Å². The molecule has 0 spiro atoms. The van der Waals surface area contributed by atoms with Crippen molar-refractivity contribution in [1.82, 2.24) is 19.7 Å². The first-order valence-electron chi connectivity index (χ1n) is 5.60. The van der Waals surface area contributed by atoms with E-state index in [1.807, 2.05) is 12.1 Å². The van der Waals surface area contributed by atoms with Crippen LogP contribution in [0.1, 0.15) is 5.56 Å². The number of aryl methyl sites for hydroxylation is 1. The molecule has 7 nitrogen and oxygen atoms in total. The maximum absolute atomic E-state index is 11.2. The van der Waals surface area contributed by atoms with Crippen LogP contribution in [0.15, 0.2) is 38.1 Å². The number of nitrogens with two attached hydrogens (primary N) is 1. The number of pyridine rings is 1. The number of hydrogen-bond acceptors (Lipinski definition) is 6. The van der Waals surface area contributed by atoms with Gasteiger partial charge in [0.15, 0.2) is 5.16 Å². The smallest absolute Gasteiger partial charge is 0.330 e. The highest BCUT2D eigenvalue weighted by molar-refractivity contribution is 7.99. The third kappa shape index (κ3) is 3.30. The van der Waals surface area contributed by atoms with Crippen LogP contribution < -0.4 is 16.9 Å². The Hall–Kier alpha value is -1.93. The largest absolute Gasteiger partial charge is 0.339 e. The molecule has 0 fully saturated rings. The first kappa shape index (κ1) is 13.5. The Labute approximate surface area is 112 Å². The molecule has 0 aliphatic carbocycles. The Morgan fingerprint density at radius 2 is 2.21 bits per heavy atom. The van der Waals surface area contributed by atoms with E-state index in [1.165, 1.54) is 16.4 Å². The first-order chi connectivity index (χ1) is 9.10. The van der Waals surface area contributed by atoms with Gasteiger partial charge in [0, 0.05) is 13.2 Å². The average molecular weight is 279 g/mol. The molecule has 2 aromatic rings. The molecule has 0 bridgehead atoms. The van der Waals surface area contributed by atoms with Crippen molar-refractivity contribution >= 4 is 11.8 Å². The number of hydrogen-bond donors (Lipinski definition) is 2. The summed E-state index contributed by atoms with van der Waals surface area (Å²) in [5, 5.41) is 3.45. The first-order valence-corrected chi connectivity index (χ1v) is 6.42. The van der Waals surface area contributed by atoms with Crippen molar-refractivity contribution in [1.29, 1.82) is 0 Å². The molecule has 0 aliphatic rings. The Bertz CT molecular complexity index is 677. The van der Waals surface area contributed by atoms with E-state index in [2.05, 4.69) is 15.1 Å². The van der Waals surface area contributed by atoms with Crippen molar-refractivity contribution < 1.29 is 0 Å². The van der Waals surface area contributed by atoms with Crippen LogP contribution in [0.2, 0.25) is 0 Å². The van der Waals surface area contributed by atoms with Gasteiger partial charge >= 0.3 is 11.1 Å². The van der Waals surface area contributed by atoms with Crippen molar-refractivity contribution in [3.63, 3.8) is 0 Å². The summed E-state index contributed by atoms with van der Waals surface area (Å²) in [5.74, 6) is 0. The summed E-state index contributed by atoms with van der Waals surface area (Å²) in [5.41, 5.74) is 4.97. The molecule has 0 radical (unpaired) electrons. The Morgan fingerprint density at radius 1 is 1.42 bits per heavy atom. The summed E-state index contributed by atoms with van der Waals surface area (Å²) in [6, 6.07) is 3.75. The topological polar surface area (TPSA) is 107 Å². The fourth-order valence-corrected chi connectivity index (χ4v) is 2.17. The van der Waals surface area contributed by atoms with Crippen LogP contribution in [0.25, 0.3) is 0 Å². The number of nitrogens with zero attached hydrogens (tertiary/aromatic N) is 3. The number of rotatable bonds is 4. The molecular weight excluding hydrogens is 266 g/mol. The van der Waals surface area contributed by atoms with Gasteiger partial charge in [-0.1, -0.05) is 6.07 Å². The molecule has 0 saturated carbocycles. The van der Waals surface area contributed by atoms with Crippen molar-refractivity contribution in [3.05, 3.63) is 44.6 Å². The van der Waals surface area contributed by atoms with Crippen LogP contribution in [-0.2, 0) is 13.5 Å². The second kappa shape index (κ2) is 5.81. The van der Waals surface area contributed by atoms with E-state index in [0.717, 1.165) is 12.0 Å². The van der Waals surface area contributed by atoms with Crippen molar-refractivity contribution in [2.45, 2.75) is 16.6 Å².